The number of hydrogen-bond acceptors (Lipinski definition) is 6. The van der Waals surface area contributed by atoms with Crippen LogP contribution in [0, 0.1) is 0 Å². The molecule has 2 heterocycles. The maximum atomic E-state index is 11.4. The molecule has 0 radical (unpaired) electrons. The number of aliphatic hydroxyl groups excluding tert-OH is 1. The van der Waals surface area contributed by atoms with Crippen LogP contribution in [0.15, 0.2) is 97.1 Å². The van der Waals surface area contributed by atoms with E-state index < -0.39 is 11.9 Å². The monoisotopic (exact) mass is 640 g/mol. The standard InChI is InChI=1S/C38H41ClN2O5/c1-26(43)40-23-28-4-2-5-30(20-28)31-6-3-7-32(21-31)37-45-35(22-36(46-37)29-10-8-27(25-42)9-11-29)24-41-18-16-38(44,17-19-41)33-12-14-34(39)15-13-33/h2-15,20-21,35-37,42,44H,16-19,22-25H2,1H3,(H,40,43)/t35-,36+,37+/m1/s1. The van der Waals surface area contributed by atoms with Gasteiger partial charge in [-0.05, 0) is 70.5 Å². The van der Waals surface area contributed by atoms with Crippen molar-refractivity contribution < 1.29 is 24.5 Å². The van der Waals surface area contributed by atoms with Crippen molar-refractivity contribution in [2.45, 2.75) is 63.4 Å². The third-order valence-electron chi connectivity index (χ3n) is 9.10. The first-order valence-corrected chi connectivity index (χ1v) is 16.3. The highest BCUT2D eigenvalue weighted by Gasteiger charge is 2.37. The van der Waals surface area contributed by atoms with Gasteiger partial charge in [-0.2, -0.15) is 0 Å². The lowest BCUT2D eigenvalue weighted by atomic mass is 9.84. The number of ether oxygens (including phenoxy) is 2. The summed E-state index contributed by atoms with van der Waals surface area (Å²) in [7, 11) is 0. The molecule has 240 valence electrons. The Morgan fingerprint density at radius 3 is 2.28 bits per heavy atom. The summed E-state index contributed by atoms with van der Waals surface area (Å²) in [5.74, 6) is -0.0594. The number of carbonyl (C=O) groups is 1. The molecule has 2 saturated heterocycles. The van der Waals surface area contributed by atoms with Crippen LogP contribution in [0.25, 0.3) is 11.1 Å². The number of nitrogens with one attached hydrogen (secondary N) is 1. The molecule has 0 aliphatic carbocycles. The Morgan fingerprint density at radius 1 is 0.891 bits per heavy atom. The van der Waals surface area contributed by atoms with E-state index in [0.29, 0.717) is 30.8 Å². The Bertz CT molecular complexity index is 1620. The first-order valence-electron chi connectivity index (χ1n) is 15.9. The summed E-state index contributed by atoms with van der Waals surface area (Å²) in [6.07, 6.45) is 1.12. The number of hydrogen-bond donors (Lipinski definition) is 3. The van der Waals surface area contributed by atoms with Gasteiger partial charge in [0.2, 0.25) is 5.91 Å². The third-order valence-corrected chi connectivity index (χ3v) is 9.35. The molecular formula is C38H41ClN2O5. The van der Waals surface area contributed by atoms with Crippen molar-refractivity contribution in [3.63, 3.8) is 0 Å². The average Bonchev–Trinajstić information content (AvgIpc) is 3.09. The minimum Gasteiger partial charge on any atom is -0.392 e. The maximum Gasteiger partial charge on any atom is 0.217 e. The Kier molecular flexibility index (Phi) is 10.2. The molecule has 8 heteroatoms. The van der Waals surface area contributed by atoms with Gasteiger partial charge in [0.05, 0.1) is 24.4 Å². The first-order chi connectivity index (χ1) is 22.3. The van der Waals surface area contributed by atoms with Gasteiger partial charge in [0.25, 0.3) is 0 Å². The van der Waals surface area contributed by atoms with Crippen LogP contribution >= 0.6 is 11.6 Å². The Labute approximate surface area is 275 Å². The molecule has 0 unspecified atom stereocenters. The highest BCUT2D eigenvalue weighted by molar-refractivity contribution is 6.30. The van der Waals surface area contributed by atoms with Crippen molar-refractivity contribution in [1.29, 1.82) is 0 Å². The molecule has 3 N–H and O–H groups in total. The predicted octanol–water partition coefficient (Wildman–Crippen LogP) is 6.66. The van der Waals surface area contributed by atoms with Crippen molar-refractivity contribution in [1.82, 2.24) is 10.2 Å². The maximum absolute atomic E-state index is 11.4. The molecule has 7 nitrogen and oxygen atoms in total. The zero-order valence-electron chi connectivity index (χ0n) is 26.1. The largest absolute Gasteiger partial charge is 0.392 e. The summed E-state index contributed by atoms with van der Waals surface area (Å²) in [5, 5.41) is 24.5. The highest BCUT2D eigenvalue weighted by Crippen LogP contribution is 2.40. The number of benzene rings is 4. The molecule has 2 aliphatic heterocycles. The molecule has 2 fully saturated rings. The Balaban J connectivity index is 1.20. The van der Waals surface area contributed by atoms with Gasteiger partial charge in [0, 0.05) is 50.1 Å². The summed E-state index contributed by atoms with van der Waals surface area (Å²) in [4.78, 5) is 13.8. The van der Waals surface area contributed by atoms with Crippen molar-refractivity contribution in [2.24, 2.45) is 0 Å². The summed E-state index contributed by atoms with van der Waals surface area (Å²) in [6, 6.07) is 31.9. The number of amides is 1. The highest BCUT2D eigenvalue weighted by atomic mass is 35.5. The van der Waals surface area contributed by atoms with E-state index in [-0.39, 0.29) is 24.7 Å². The minimum absolute atomic E-state index is 0.00367. The zero-order valence-corrected chi connectivity index (χ0v) is 26.8. The predicted molar refractivity (Wildman–Crippen MR) is 179 cm³/mol. The molecule has 46 heavy (non-hydrogen) atoms. The summed E-state index contributed by atoms with van der Waals surface area (Å²) in [6.45, 7) is 4.23. The summed E-state index contributed by atoms with van der Waals surface area (Å²) in [5.41, 5.74) is 6.00. The van der Waals surface area contributed by atoms with E-state index in [9.17, 15) is 15.0 Å². The number of rotatable bonds is 9. The molecule has 1 amide bonds. The number of nitrogens with zero attached hydrogens (tertiary/aromatic N) is 1. The van der Waals surface area contributed by atoms with Crippen molar-refractivity contribution in [3.8, 4) is 11.1 Å². The van der Waals surface area contributed by atoms with Crippen molar-refractivity contribution in [2.75, 3.05) is 19.6 Å². The van der Waals surface area contributed by atoms with Gasteiger partial charge in [-0.25, -0.2) is 0 Å². The van der Waals surface area contributed by atoms with Crippen LogP contribution in [-0.4, -0.2) is 46.8 Å². The molecule has 3 atom stereocenters. The van der Waals surface area contributed by atoms with Gasteiger partial charge in [-0.15, -0.1) is 0 Å². The second-order valence-corrected chi connectivity index (χ2v) is 12.9. The minimum atomic E-state index is -0.864. The van der Waals surface area contributed by atoms with E-state index in [1.54, 1.807) is 0 Å². The first kappa shape index (κ1) is 32.4. The molecule has 4 aromatic rings. The summed E-state index contributed by atoms with van der Waals surface area (Å²) < 4.78 is 13.3. The Morgan fingerprint density at radius 2 is 1.59 bits per heavy atom. The van der Waals surface area contributed by atoms with Gasteiger partial charge < -0.3 is 29.9 Å². The molecular weight excluding hydrogens is 600 g/mol. The van der Waals surface area contributed by atoms with E-state index in [0.717, 1.165) is 58.6 Å². The lowest BCUT2D eigenvalue weighted by molar-refractivity contribution is -0.253. The molecule has 0 spiro atoms. The van der Waals surface area contributed by atoms with Gasteiger partial charge in [-0.1, -0.05) is 84.4 Å². The molecule has 0 saturated carbocycles. The second-order valence-electron chi connectivity index (χ2n) is 12.4. The number of aliphatic hydroxyl groups is 2. The number of carbonyl (C=O) groups excluding carboxylic acids is 1. The summed E-state index contributed by atoms with van der Waals surface area (Å²) >= 11 is 6.08. The van der Waals surface area contributed by atoms with Crippen LogP contribution in [-0.2, 0) is 33.0 Å². The Hall–Kier alpha value is -3.56. The van der Waals surface area contributed by atoms with Crippen LogP contribution in [0.2, 0.25) is 5.02 Å². The van der Waals surface area contributed by atoms with E-state index >= 15 is 0 Å². The molecule has 2 aliphatic rings. The number of likely N-dealkylation sites (tertiary alicyclic amines) is 1. The van der Waals surface area contributed by atoms with Crippen LogP contribution in [0.3, 0.4) is 0 Å². The number of piperidine rings is 1. The van der Waals surface area contributed by atoms with Crippen LogP contribution < -0.4 is 5.32 Å². The van der Waals surface area contributed by atoms with Gasteiger partial charge in [-0.3, -0.25) is 4.79 Å². The third kappa shape index (κ3) is 7.86. The van der Waals surface area contributed by atoms with Crippen molar-refractivity contribution in [3.05, 3.63) is 130 Å². The van der Waals surface area contributed by atoms with Crippen LogP contribution in [0.5, 0.6) is 0 Å². The number of halogens is 1. The average molecular weight is 641 g/mol. The van der Waals surface area contributed by atoms with Gasteiger partial charge in [0.1, 0.15) is 0 Å². The topological polar surface area (TPSA) is 91.3 Å². The SMILES string of the molecule is CC(=O)NCc1cccc(-c2cccc([C@H]3O[C@@H](CN4CCC(O)(c5ccc(Cl)cc5)CC4)C[C@@H](c4ccc(CO)cc4)O3)c2)c1. The van der Waals surface area contributed by atoms with E-state index in [1.807, 2.05) is 72.8 Å². The fourth-order valence-electron chi connectivity index (χ4n) is 6.43. The van der Waals surface area contributed by atoms with Gasteiger partial charge >= 0.3 is 0 Å². The fourth-order valence-corrected chi connectivity index (χ4v) is 6.55. The van der Waals surface area contributed by atoms with E-state index in [2.05, 4.69) is 34.5 Å². The normalized spacial score (nSPS) is 21.5. The second kappa shape index (κ2) is 14.5. The van der Waals surface area contributed by atoms with E-state index in [4.69, 9.17) is 21.1 Å². The zero-order chi connectivity index (χ0) is 32.1. The molecule has 0 bridgehead atoms. The quantitative estimate of drug-likeness (QED) is 0.189. The van der Waals surface area contributed by atoms with E-state index in [1.165, 1.54) is 6.92 Å². The molecule has 4 aromatic carbocycles. The molecule has 6 rings (SSSR count). The van der Waals surface area contributed by atoms with Crippen molar-refractivity contribution >= 4 is 17.5 Å². The van der Waals surface area contributed by atoms with Crippen LogP contribution in [0.4, 0.5) is 0 Å². The smallest absolute Gasteiger partial charge is 0.217 e. The lowest BCUT2D eigenvalue weighted by Gasteiger charge is -2.42. The lowest BCUT2D eigenvalue weighted by Crippen LogP contribution is -2.46. The molecule has 0 aromatic heterocycles. The van der Waals surface area contributed by atoms with Gasteiger partial charge in [0.15, 0.2) is 6.29 Å². The fraction of sp³-hybridized carbons (Fsp3) is 0.342. The van der Waals surface area contributed by atoms with Crippen LogP contribution in [0.1, 0.15) is 66.4 Å².